The summed E-state index contributed by atoms with van der Waals surface area (Å²) in [5, 5.41) is 0. The molecule has 1 aliphatic carbocycles. The molecule has 0 heterocycles. The van der Waals surface area contributed by atoms with Gasteiger partial charge in [0.1, 0.15) is 5.78 Å². The molecular weight excluding hydrogens is 150 g/mol. The van der Waals surface area contributed by atoms with Crippen molar-refractivity contribution >= 4 is 17.6 Å². The van der Waals surface area contributed by atoms with Gasteiger partial charge in [-0.05, 0) is 38.0 Å². The number of Topliss-reactive ketones (excluding diaryl/α,β-unsaturated/α-hetero) is 1. The smallest absolute Gasteiger partial charge is 0.132 e. The molecule has 0 amide bonds. The highest BCUT2D eigenvalue weighted by Gasteiger charge is 2.26. The van der Waals surface area contributed by atoms with Gasteiger partial charge in [-0.15, -0.1) is 0 Å². The first-order chi connectivity index (χ1) is 4.74. The molecule has 0 aliphatic heterocycles. The van der Waals surface area contributed by atoms with Crippen molar-refractivity contribution in [3.8, 4) is 0 Å². The summed E-state index contributed by atoms with van der Waals surface area (Å²) >= 11 is 5.42. The van der Waals surface area contributed by atoms with Crippen molar-refractivity contribution in [2.75, 3.05) is 0 Å². The topological polar surface area (TPSA) is 29.1 Å². The van der Waals surface area contributed by atoms with Crippen molar-refractivity contribution in [1.82, 2.24) is 4.84 Å². The largest absolute Gasteiger partial charge is 0.300 e. The van der Waals surface area contributed by atoms with Gasteiger partial charge in [-0.3, -0.25) is 4.79 Å². The average Bonchev–Trinajstić information content (AvgIpc) is 2.34. The van der Waals surface area contributed by atoms with E-state index in [1.807, 2.05) is 0 Å². The number of nitrogens with one attached hydrogen (secondary N) is 1. The van der Waals surface area contributed by atoms with E-state index in [-0.39, 0.29) is 5.92 Å². The minimum Gasteiger partial charge on any atom is -0.300 e. The predicted octanol–water partition coefficient (Wildman–Crippen LogP) is 1.49. The Morgan fingerprint density at radius 1 is 1.60 bits per heavy atom. The van der Waals surface area contributed by atoms with E-state index in [4.69, 9.17) is 11.8 Å². The van der Waals surface area contributed by atoms with Crippen LogP contribution in [0.4, 0.5) is 0 Å². The molecule has 3 heteroatoms. The number of hydrogen-bond donors (Lipinski definition) is 1. The van der Waals surface area contributed by atoms with Crippen LogP contribution in [0.2, 0.25) is 0 Å². The lowest BCUT2D eigenvalue weighted by Gasteiger charge is -2.04. The summed E-state index contributed by atoms with van der Waals surface area (Å²) in [5.74, 6) is 0.561. The number of rotatable bonds is 2. The minimum absolute atomic E-state index is 0.260. The average molecular weight is 162 g/mol. The van der Waals surface area contributed by atoms with Gasteiger partial charge >= 0.3 is 0 Å². The van der Waals surface area contributed by atoms with Gasteiger partial charge < -0.3 is 0 Å². The van der Waals surface area contributed by atoms with E-state index < -0.39 is 0 Å². The SMILES string of the molecule is CC(=O)C1CCC(NCl)C1. The maximum absolute atomic E-state index is 10.8. The van der Waals surface area contributed by atoms with Gasteiger partial charge in [-0.25, -0.2) is 4.84 Å². The summed E-state index contributed by atoms with van der Waals surface area (Å²) < 4.78 is 0. The van der Waals surface area contributed by atoms with Crippen molar-refractivity contribution in [3.63, 3.8) is 0 Å². The lowest BCUT2D eigenvalue weighted by atomic mass is 10.0. The molecule has 2 nitrogen and oxygen atoms in total. The van der Waals surface area contributed by atoms with Crippen LogP contribution in [0.15, 0.2) is 0 Å². The van der Waals surface area contributed by atoms with Crippen LogP contribution in [0, 0.1) is 5.92 Å². The maximum Gasteiger partial charge on any atom is 0.132 e. The van der Waals surface area contributed by atoms with Crippen LogP contribution in [0.1, 0.15) is 26.2 Å². The summed E-state index contributed by atoms with van der Waals surface area (Å²) in [6, 6.07) is 0.357. The van der Waals surface area contributed by atoms with Crippen LogP contribution in [-0.2, 0) is 4.79 Å². The summed E-state index contributed by atoms with van der Waals surface area (Å²) in [6.45, 7) is 1.65. The molecule has 0 aromatic carbocycles. The standard InChI is InChI=1S/C7H12ClNO/c1-5(10)6-2-3-7(4-6)9-8/h6-7,9H,2-4H2,1H3. The maximum atomic E-state index is 10.8. The van der Waals surface area contributed by atoms with Gasteiger partial charge in [-0.2, -0.15) is 0 Å². The van der Waals surface area contributed by atoms with E-state index in [2.05, 4.69) is 4.84 Å². The summed E-state index contributed by atoms with van der Waals surface area (Å²) in [7, 11) is 0. The third-order valence-electron chi connectivity index (χ3n) is 2.16. The molecule has 0 spiro atoms. The molecule has 0 bridgehead atoms. The van der Waals surface area contributed by atoms with Crippen LogP contribution < -0.4 is 4.84 Å². The second-order valence-electron chi connectivity index (χ2n) is 2.93. The van der Waals surface area contributed by atoms with Crippen LogP contribution in [0.5, 0.6) is 0 Å². The zero-order valence-corrected chi connectivity index (χ0v) is 6.82. The zero-order valence-electron chi connectivity index (χ0n) is 6.06. The summed E-state index contributed by atoms with van der Waals surface area (Å²) in [6.07, 6.45) is 2.95. The van der Waals surface area contributed by atoms with Gasteiger partial charge in [0, 0.05) is 12.0 Å². The third-order valence-corrected chi connectivity index (χ3v) is 2.47. The van der Waals surface area contributed by atoms with Crippen molar-refractivity contribution in [2.45, 2.75) is 32.2 Å². The molecule has 0 radical (unpaired) electrons. The van der Waals surface area contributed by atoms with Gasteiger partial charge in [0.15, 0.2) is 0 Å². The number of halogens is 1. The summed E-state index contributed by atoms with van der Waals surface area (Å²) in [5.41, 5.74) is 0. The molecule has 1 N–H and O–H groups in total. The fourth-order valence-corrected chi connectivity index (χ4v) is 1.65. The Hall–Kier alpha value is -0.0800. The molecule has 1 aliphatic rings. The predicted molar refractivity (Wildman–Crippen MR) is 40.8 cm³/mol. The molecule has 0 aromatic heterocycles. The van der Waals surface area contributed by atoms with Gasteiger partial charge in [-0.1, -0.05) is 0 Å². The zero-order chi connectivity index (χ0) is 7.56. The van der Waals surface area contributed by atoms with Crippen LogP contribution in [0.3, 0.4) is 0 Å². The second-order valence-corrected chi connectivity index (χ2v) is 3.14. The first-order valence-corrected chi connectivity index (χ1v) is 3.98. The van der Waals surface area contributed by atoms with E-state index in [1.165, 1.54) is 0 Å². The molecule has 0 saturated heterocycles. The highest BCUT2D eigenvalue weighted by Crippen LogP contribution is 2.26. The van der Waals surface area contributed by atoms with E-state index in [9.17, 15) is 4.79 Å². The molecule has 2 atom stereocenters. The fraction of sp³-hybridized carbons (Fsp3) is 0.857. The highest BCUT2D eigenvalue weighted by atomic mass is 35.5. The lowest BCUT2D eigenvalue weighted by Crippen LogP contribution is -2.17. The fourth-order valence-electron chi connectivity index (χ4n) is 1.45. The van der Waals surface area contributed by atoms with Crippen molar-refractivity contribution in [3.05, 3.63) is 0 Å². The van der Waals surface area contributed by atoms with Crippen molar-refractivity contribution in [2.24, 2.45) is 5.92 Å². The van der Waals surface area contributed by atoms with Gasteiger partial charge in [0.05, 0.1) is 0 Å². The van der Waals surface area contributed by atoms with E-state index in [0.29, 0.717) is 11.8 Å². The Morgan fingerprint density at radius 3 is 2.60 bits per heavy atom. The van der Waals surface area contributed by atoms with E-state index in [1.54, 1.807) is 6.92 Å². The number of hydrogen-bond acceptors (Lipinski definition) is 2. The number of carbonyl (C=O) groups is 1. The minimum atomic E-state index is 0.260. The van der Waals surface area contributed by atoms with E-state index >= 15 is 0 Å². The van der Waals surface area contributed by atoms with Gasteiger partial charge in [0.25, 0.3) is 0 Å². The Morgan fingerprint density at radius 2 is 2.30 bits per heavy atom. The third kappa shape index (κ3) is 1.70. The normalized spacial score (nSPS) is 32.6. The molecule has 10 heavy (non-hydrogen) atoms. The lowest BCUT2D eigenvalue weighted by molar-refractivity contribution is -0.120. The highest BCUT2D eigenvalue weighted by molar-refractivity contribution is 6.13. The van der Waals surface area contributed by atoms with Crippen LogP contribution >= 0.6 is 11.8 Å². The Bertz CT molecular complexity index is 138. The monoisotopic (exact) mass is 161 g/mol. The molecule has 58 valence electrons. The Balaban J connectivity index is 2.35. The number of ketones is 1. The van der Waals surface area contributed by atoms with Crippen LogP contribution in [0.25, 0.3) is 0 Å². The molecule has 2 unspecified atom stereocenters. The quantitative estimate of drug-likeness (QED) is 0.622. The molecule has 1 fully saturated rings. The molecule has 1 saturated carbocycles. The Labute approximate surface area is 66.0 Å². The molecule has 1 rings (SSSR count). The first kappa shape index (κ1) is 8.02. The number of carbonyl (C=O) groups excluding carboxylic acids is 1. The molecule has 0 aromatic rings. The Kier molecular flexibility index (Phi) is 2.69. The first-order valence-electron chi connectivity index (χ1n) is 3.60. The second kappa shape index (κ2) is 3.35. The van der Waals surface area contributed by atoms with E-state index in [0.717, 1.165) is 19.3 Å². The van der Waals surface area contributed by atoms with Crippen LogP contribution in [-0.4, -0.2) is 11.8 Å². The van der Waals surface area contributed by atoms with Crippen molar-refractivity contribution in [1.29, 1.82) is 0 Å². The molecular formula is C7H12ClNO. The van der Waals surface area contributed by atoms with Crippen molar-refractivity contribution < 1.29 is 4.79 Å². The summed E-state index contributed by atoms with van der Waals surface area (Å²) in [4.78, 5) is 13.5. The van der Waals surface area contributed by atoms with Gasteiger partial charge in [0.2, 0.25) is 0 Å².